The van der Waals surface area contributed by atoms with Gasteiger partial charge in [0.1, 0.15) is 5.58 Å². The molecule has 22 heavy (non-hydrogen) atoms. The summed E-state index contributed by atoms with van der Waals surface area (Å²) in [6.07, 6.45) is 1.94. The fourth-order valence-corrected chi connectivity index (χ4v) is 3.31. The van der Waals surface area contributed by atoms with E-state index in [4.69, 9.17) is 9.15 Å². The maximum atomic E-state index is 12.0. The van der Waals surface area contributed by atoms with Crippen LogP contribution in [0.25, 0.3) is 11.0 Å². The lowest BCUT2D eigenvalue weighted by molar-refractivity contribution is 0.0855. The molecule has 0 unspecified atom stereocenters. The molecule has 0 radical (unpaired) electrons. The van der Waals surface area contributed by atoms with Crippen molar-refractivity contribution in [3.8, 4) is 0 Å². The second-order valence-corrected chi connectivity index (χ2v) is 5.76. The molecule has 4 nitrogen and oxygen atoms in total. The van der Waals surface area contributed by atoms with Crippen LogP contribution in [0.2, 0.25) is 0 Å². The summed E-state index contributed by atoms with van der Waals surface area (Å²) in [5.74, 6) is 0.389. The van der Waals surface area contributed by atoms with Crippen LogP contribution >= 0.6 is 0 Å². The van der Waals surface area contributed by atoms with E-state index < -0.39 is 0 Å². The molecule has 0 N–H and O–H groups in total. The van der Waals surface area contributed by atoms with Crippen LogP contribution in [0.5, 0.6) is 0 Å². The minimum atomic E-state index is -0.259. The largest absolute Gasteiger partial charge is 0.423 e. The molecule has 0 bridgehead atoms. The predicted molar refractivity (Wildman–Crippen MR) is 88.8 cm³/mol. The Hall–Kier alpha value is -1.81. The van der Waals surface area contributed by atoms with Crippen LogP contribution in [0.1, 0.15) is 38.2 Å². The third-order valence-electron chi connectivity index (χ3n) is 4.55. The lowest BCUT2D eigenvalue weighted by atomic mass is 9.90. The molecular weight excluding hydrogens is 278 g/mol. The van der Waals surface area contributed by atoms with Crippen LogP contribution in [0.15, 0.2) is 33.5 Å². The van der Waals surface area contributed by atoms with Gasteiger partial charge < -0.3 is 14.1 Å². The zero-order valence-corrected chi connectivity index (χ0v) is 13.3. The quantitative estimate of drug-likeness (QED) is 0.810. The molecule has 0 aliphatic carbocycles. The Labute approximate surface area is 130 Å². The van der Waals surface area contributed by atoms with Crippen molar-refractivity contribution in [1.29, 1.82) is 0 Å². The summed E-state index contributed by atoms with van der Waals surface area (Å²) in [7, 11) is 0. The molecule has 1 aromatic heterocycles. The van der Waals surface area contributed by atoms with Crippen molar-refractivity contribution in [2.45, 2.75) is 32.6 Å². The normalized spacial score (nSPS) is 16.1. The van der Waals surface area contributed by atoms with Gasteiger partial charge in [0.25, 0.3) is 0 Å². The topological polar surface area (TPSA) is 42.7 Å². The maximum Gasteiger partial charge on any atom is 0.336 e. The zero-order chi connectivity index (χ0) is 15.5. The molecule has 0 saturated carbocycles. The van der Waals surface area contributed by atoms with Crippen LogP contribution in [0.4, 0.5) is 5.69 Å². The standard InChI is InChI=1S/C18H23NO3/c1-3-19(4-2)14-5-6-15-16(13-7-9-21-10-8-13)12-18(20)22-17(15)11-14/h5-6,11-13H,3-4,7-10H2,1-2H3. The number of fused-ring (bicyclic) bond motifs is 1. The summed E-state index contributed by atoms with van der Waals surface area (Å²) in [6.45, 7) is 7.66. The van der Waals surface area contributed by atoms with Crippen molar-refractivity contribution in [1.82, 2.24) is 0 Å². The summed E-state index contributed by atoms with van der Waals surface area (Å²) in [5, 5.41) is 1.06. The summed E-state index contributed by atoms with van der Waals surface area (Å²) in [6, 6.07) is 7.87. The van der Waals surface area contributed by atoms with Gasteiger partial charge in [-0.2, -0.15) is 0 Å². The van der Waals surface area contributed by atoms with Gasteiger partial charge in [0, 0.05) is 49.5 Å². The molecule has 0 amide bonds. The predicted octanol–water partition coefficient (Wildman–Crippen LogP) is 3.53. The van der Waals surface area contributed by atoms with Gasteiger partial charge in [-0.05, 0) is 50.3 Å². The van der Waals surface area contributed by atoms with Gasteiger partial charge in [-0.15, -0.1) is 0 Å². The summed E-state index contributed by atoms with van der Waals surface area (Å²) < 4.78 is 10.9. The monoisotopic (exact) mass is 301 g/mol. The first-order chi connectivity index (χ1) is 10.7. The first kappa shape index (κ1) is 15.1. The van der Waals surface area contributed by atoms with Crippen LogP contribution in [0, 0.1) is 0 Å². The highest BCUT2D eigenvalue weighted by Gasteiger charge is 2.20. The number of ether oxygens (including phenoxy) is 1. The van der Waals surface area contributed by atoms with E-state index in [1.807, 2.05) is 6.07 Å². The fourth-order valence-electron chi connectivity index (χ4n) is 3.31. The van der Waals surface area contributed by atoms with E-state index in [1.54, 1.807) is 6.07 Å². The molecule has 1 fully saturated rings. The fraction of sp³-hybridized carbons (Fsp3) is 0.500. The lowest BCUT2D eigenvalue weighted by Gasteiger charge is -2.24. The first-order valence-electron chi connectivity index (χ1n) is 8.13. The number of rotatable bonds is 4. The summed E-state index contributed by atoms with van der Waals surface area (Å²) in [4.78, 5) is 14.2. The van der Waals surface area contributed by atoms with Crippen molar-refractivity contribution in [2.75, 3.05) is 31.2 Å². The molecule has 0 atom stereocenters. The highest BCUT2D eigenvalue weighted by Crippen LogP contribution is 2.32. The van der Waals surface area contributed by atoms with Gasteiger partial charge in [-0.3, -0.25) is 0 Å². The number of anilines is 1. The molecule has 1 aliphatic heterocycles. The van der Waals surface area contributed by atoms with Gasteiger partial charge in [-0.1, -0.05) is 0 Å². The zero-order valence-electron chi connectivity index (χ0n) is 13.3. The highest BCUT2D eigenvalue weighted by atomic mass is 16.5. The second kappa shape index (κ2) is 6.53. The smallest absolute Gasteiger partial charge is 0.336 e. The third-order valence-corrected chi connectivity index (χ3v) is 4.55. The lowest BCUT2D eigenvalue weighted by Crippen LogP contribution is -2.21. The number of hydrogen-bond acceptors (Lipinski definition) is 4. The Morgan fingerprint density at radius 1 is 1.14 bits per heavy atom. The molecule has 118 valence electrons. The van der Waals surface area contributed by atoms with E-state index in [1.165, 1.54) is 0 Å². The van der Waals surface area contributed by atoms with Crippen LogP contribution < -0.4 is 10.5 Å². The van der Waals surface area contributed by atoms with Gasteiger partial charge in [-0.25, -0.2) is 4.79 Å². The third kappa shape index (κ3) is 2.88. The maximum absolute atomic E-state index is 12.0. The Kier molecular flexibility index (Phi) is 4.48. The number of nitrogens with zero attached hydrogens (tertiary/aromatic N) is 1. The minimum Gasteiger partial charge on any atom is -0.423 e. The van der Waals surface area contributed by atoms with E-state index in [9.17, 15) is 4.79 Å². The average molecular weight is 301 g/mol. The number of benzene rings is 1. The van der Waals surface area contributed by atoms with Crippen LogP contribution in [0.3, 0.4) is 0 Å². The Bertz CT molecular complexity index is 697. The summed E-state index contributed by atoms with van der Waals surface area (Å²) in [5.41, 5.74) is 2.65. The van der Waals surface area contributed by atoms with E-state index in [0.29, 0.717) is 11.5 Å². The van der Waals surface area contributed by atoms with Gasteiger partial charge in [0.2, 0.25) is 0 Å². The van der Waals surface area contributed by atoms with E-state index >= 15 is 0 Å². The van der Waals surface area contributed by atoms with Crippen LogP contribution in [-0.2, 0) is 4.74 Å². The molecule has 3 rings (SSSR count). The van der Waals surface area contributed by atoms with Gasteiger partial charge in [0.05, 0.1) is 0 Å². The molecule has 1 saturated heterocycles. The SMILES string of the molecule is CCN(CC)c1ccc2c(C3CCOCC3)cc(=O)oc2c1. The van der Waals surface area contributed by atoms with Crippen molar-refractivity contribution < 1.29 is 9.15 Å². The summed E-state index contributed by atoms with van der Waals surface area (Å²) >= 11 is 0. The molecule has 1 aliphatic rings. The Morgan fingerprint density at radius 3 is 2.55 bits per heavy atom. The van der Waals surface area contributed by atoms with Crippen LogP contribution in [-0.4, -0.2) is 26.3 Å². The number of hydrogen-bond donors (Lipinski definition) is 0. The molecule has 1 aromatic carbocycles. The molecule has 4 heteroatoms. The molecule has 2 aromatic rings. The van der Waals surface area contributed by atoms with E-state index in [0.717, 1.165) is 55.8 Å². The Morgan fingerprint density at radius 2 is 1.86 bits per heavy atom. The second-order valence-electron chi connectivity index (χ2n) is 5.76. The van der Waals surface area contributed by atoms with Crippen molar-refractivity contribution in [2.24, 2.45) is 0 Å². The molecule has 2 heterocycles. The van der Waals surface area contributed by atoms with Crippen molar-refractivity contribution >= 4 is 16.7 Å². The van der Waals surface area contributed by atoms with Crippen molar-refractivity contribution in [3.63, 3.8) is 0 Å². The minimum absolute atomic E-state index is 0.259. The van der Waals surface area contributed by atoms with E-state index in [2.05, 4.69) is 30.9 Å². The van der Waals surface area contributed by atoms with Gasteiger partial charge in [0.15, 0.2) is 0 Å². The van der Waals surface area contributed by atoms with Crippen molar-refractivity contribution in [3.05, 3.63) is 40.2 Å². The average Bonchev–Trinajstić information content (AvgIpc) is 2.55. The first-order valence-corrected chi connectivity index (χ1v) is 8.13. The van der Waals surface area contributed by atoms with E-state index in [-0.39, 0.29) is 5.63 Å². The highest BCUT2D eigenvalue weighted by molar-refractivity contribution is 5.84. The Balaban J connectivity index is 2.08. The molecule has 0 spiro atoms. The molecular formula is C18H23NO3. The van der Waals surface area contributed by atoms with Gasteiger partial charge >= 0.3 is 5.63 Å².